The molecule has 0 aliphatic carbocycles. The summed E-state index contributed by atoms with van der Waals surface area (Å²) in [5, 5.41) is 6.99. The molecule has 0 spiro atoms. The fourth-order valence-corrected chi connectivity index (χ4v) is 1.44. The zero-order valence-electron chi connectivity index (χ0n) is 9.24. The maximum Gasteiger partial charge on any atom is 0.258 e. The average Bonchev–Trinajstić information content (AvgIpc) is 2.82. The van der Waals surface area contributed by atoms with Crippen molar-refractivity contribution in [1.82, 2.24) is 29.7 Å². The Bertz CT molecular complexity index is 470. The van der Waals surface area contributed by atoms with E-state index >= 15 is 0 Å². The van der Waals surface area contributed by atoms with E-state index in [1.54, 1.807) is 11.8 Å². The van der Waals surface area contributed by atoms with Crippen molar-refractivity contribution in [3.8, 4) is 5.95 Å². The van der Waals surface area contributed by atoms with Crippen LogP contribution in [0.4, 0.5) is 11.9 Å². The van der Waals surface area contributed by atoms with Crippen molar-refractivity contribution < 1.29 is 0 Å². The van der Waals surface area contributed by atoms with Gasteiger partial charge >= 0.3 is 0 Å². The number of nitrogens with one attached hydrogen (secondary N) is 1. The van der Waals surface area contributed by atoms with Crippen LogP contribution in [0.15, 0.2) is 12.7 Å². The lowest BCUT2D eigenvalue weighted by molar-refractivity contribution is 0.798. The molecular formula is C8H12N8S. The molecule has 0 amide bonds. The van der Waals surface area contributed by atoms with Crippen LogP contribution >= 0.6 is 11.8 Å². The highest BCUT2D eigenvalue weighted by molar-refractivity contribution is 7.98. The Balaban J connectivity index is 2.18. The van der Waals surface area contributed by atoms with Crippen LogP contribution in [-0.4, -0.2) is 48.3 Å². The van der Waals surface area contributed by atoms with Crippen LogP contribution in [-0.2, 0) is 0 Å². The summed E-state index contributed by atoms with van der Waals surface area (Å²) in [5.41, 5.74) is 5.60. The summed E-state index contributed by atoms with van der Waals surface area (Å²) >= 11 is 1.73. The Labute approximate surface area is 102 Å². The van der Waals surface area contributed by atoms with Gasteiger partial charge in [-0.3, -0.25) is 0 Å². The SMILES string of the molecule is CSCCNc1nc(N)nc(-n2cncn2)n1. The molecular weight excluding hydrogens is 240 g/mol. The molecule has 0 atom stereocenters. The summed E-state index contributed by atoms with van der Waals surface area (Å²) in [6, 6.07) is 0. The van der Waals surface area contributed by atoms with Crippen LogP contribution in [0.2, 0.25) is 0 Å². The van der Waals surface area contributed by atoms with Crippen molar-refractivity contribution in [2.45, 2.75) is 0 Å². The van der Waals surface area contributed by atoms with Gasteiger partial charge in [0.15, 0.2) is 0 Å². The molecule has 0 saturated heterocycles. The molecule has 90 valence electrons. The minimum atomic E-state index is 0.150. The maximum absolute atomic E-state index is 5.60. The van der Waals surface area contributed by atoms with E-state index in [9.17, 15) is 0 Å². The molecule has 0 bridgehead atoms. The van der Waals surface area contributed by atoms with Gasteiger partial charge in [-0.2, -0.15) is 36.5 Å². The molecule has 0 aromatic carbocycles. The Hall–Kier alpha value is -1.90. The predicted octanol–water partition coefficient (Wildman–Crippen LogP) is -0.191. The highest BCUT2D eigenvalue weighted by Gasteiger charge is 2.06. The van der Waals surface area contributed by atoms with Gasteiger partial charge < -0.3 is 11.1 Å². The Morgan fingerprint density at radius 3 is 3.00 bits per heavy atom. The van der Waals surface area contributed by atoms with Crippen molar-refractivity contribution >= 4 is 23.7 Å². The number of rotatable bonds is 5. The molecule has 0 radical (unpaired) electrons. The number of thioether (sulfide) groups is 1. The van der Waals surface area contributed by atoms with E-state index in [4.69, 9.17) is 5.73 Å². The van der Waals surface area contributed by atoms with Crippen molar-refractivity contribution in [2.24, 2.45) is 0 Å². The monoisotopic (exact) mass is 252 g/mol. The Morgan fingerprint density at radius 1 is 1.41 bits per heavy atom. The Kier molecular flexibility index (Phi) is 3.70. The third kappa shape index (κ3) is 3.03. The first-order valence-corrected chi connectivity index (χ1v) is 6.28. The van der Waals surface area contributed by atoms with Crippen molar-refractivity contribution in [2.75, 3.05) is 29.6 Å². The van der Waals surface area contributed by atoms with E-state index in [1.807, 2.05) is 6.26 Å². The summed E-state index contributed by atoms with van der Waals surface area (Å²) in [7, 11) is 0. The normalized spacial score (nSPS) is 10.4. The highest BCUT2D eigenvalue weighted by atomic mass is 32.2. The van der Waals surface area contributed by atoms with Gasteiger partial charge in [0, 0.05) is 12.3 Å². The molecule has 0 unspecified atom stereocenters. The second-order valence-corrected chi connectivity index (χ2v) is 4.06. The third-order valence-corrected chi connectivity index (χ3v) is 2.47. The van der Waals surface area contributed by atoms with Gasteiger partial charge in [-0.1, -0.05) is 0 Å². The molecule has 0 fully saturated rings. The number of nitrogens with two attached hydrogens (primary N) is 1. The number of aromatic nitrogens is 6. The first kappa shape index (κ1) is 11.6. The van der Waals surface area contributed by atoms with Gasteiger partial charge in [-0.05, 0) is 6.26 Å². The second-order valence-electron chi connectivity index (χ2n) is 3.08. The second kappa shape index (κ2) is 5.43. The van der Waals surface area contributed by atoms with E-state index in [1.165, 1.54) is 17.3 Å². The first-order chi connectivity index (χ1) is 8.29. The molecule has 8 nitrogen and oxygen atoms in total. The van der Waals surface area contributed by atoms with E-state index < -0.39 is 0 Å². The molecule has 0 aliphatic rings. The molecule has 0 saturated carbocycles. The van der Waals surface area contributed by atoms with Gasteiger partial charge in [-0.15, -0.1) is 0 Å². The molecule has 3 N–H and O–H groups in total. The van der Waals surface area contributed by atoms with E-state index in [-0.39, 0.29) is 5.95 Å². The molecule has 0 aliphatic heterocycles. The standard InChI is InChI=1S/C8H12N8S/c1-17-3-2-11-7-13-6(9)14-8(15-7)16-5-10-4-12-16/h4-5H,2-3H2,1H3,(H3,9,11,13,14,15). The van der Waals surface area contributed by atoms with Crippen LogP contribution in [0.3, 0.4) is 0 Å². The molecule has 9 heteroatoms. The first-order valence-electron chi connectivity index (χ1n) is 4.89. The van der Waals surface area contributed by atoms with Crippen LogP contribution in [0.1, 0.15) is 0 Å². The number of hydrogen-bond acceptors (Lipinski definition) is 8. The molecule has 2 heterocycles. The summed E-state index contributed by atoms with van der Waals surface area (Å²) in [5.74, 6) is 1.90. The quantitative estimate of drug-likeness (QED) is 0.705. The van der Waals surface area contributed by atoms with Gasteiger partial charge in [-0.25, -0.2) is 4.98 Å². The molecule has 17 heavy (non-hydrogen) atoms. The summed E-state index contributed by atoms with van der Waals surface area (Å²) in [6.45, 7) is 0.765. The smallest absolute Gasteiger partial charge is 0.258 e. The van der Waals surface area contributed by atoms with Crippen LogP contribution in [0.25, 0.3) is 5.95 Å². The predicted molar refractivity (Wildman–Crippen MR) is 66.0 cm³/mol. The molecule has 2 aromatic heterocycles. The van der Waals surface area contributed by atoms with Crippen molar-refractivity contribution in [3.63, 3.8) is 0 Å². The lowest BCUT2D eigenvalue weighted by Crippen LogP contribution is -2.13. The minimum Gasteiger partial charge on any atom is -0.368 e. The van der Waals surface area contributed by atoms with Crippen LogP contribution < -0.4 is 11.1 Å². The van der Waals surface area contributed by atoms with E-state index in [2.05, 4.69) is 30.4 Å². The molecule has 2 aromatic rings. The number of nitrogen functional groups attached to an aromatic ring is 1. The zero-order chi connectivity index (χ0) is 12.1. The van der Waals surface area contributed by atoms with Gasteiger partial charge in [0.05, 0.1) is 0 Å². The zero-order valence-corrected chi connectivity index (χ0v) is 10.1. The van der Waals surface area contributed by atoms with E-state index in [0.29, 0.717) is 11.9 Å². The number of nitrogens with zero attached hydrogens (tertiary/aromatic N) is 6. The van der Waals surface area contributed by atoms with Crippen molar-refractivity contribution in [1.29, 1.82) is 0 Å². The highest BCUT2D eigenvalue weighted by Crippen LogP contribution is 2.05. The van der Waals surface area contributed by atoms with Crippen LogP contribution in [0.5, 0.6) is 0 Å². The largest absolute Gasteiger partial charge is 0.368 e. The van der Waals surface area contributed by atoms with Crippen LogP contribution in [0, 0.1) is 0 Å². The van der Waals surface area contributed by atoms with Gasteiger partial charge in [0.1, 0.15) is 12.7 Å². The fraction of sp³-hybridized carbons (Fsp3) is 0.375. The number of hydrogen-bond donors (Lipinski definition) is 2. The molecule has 2 rings (SSSR count). The average molecular weight is 252 g/mol. The van der Waals surface area contributed by atoms with E-state index in [0.717, 1.165) is 12.3 Å². The minimum absolute atomic E-state index is 0.150. The van der Waals surface area contributed by atoms with Gasteiger partial charge in [0.25, 0.3) is 5.95 Å². The lowest BCUT2D eigenvalue weighted by Gasteiger charge is -2.05. The summed E-state index contributed by atoms with van der Waals surface area (Å²) in [4.78, 5) is 16.0. The number of anilines is 2. The topological polar surface area (TPSA) is 107 Å². The summed E-state index contributed by atoms with van der Waals surface area (Å²) < 4.78 is 1.43. The summed E-state index contributed by atoms with van der Waals surface area (Å²) in [6.07, 6.45) is 4.94. The van der Waals surface area contributed by atoms with Crippen molar-refractivity contribution in [3.05, 3.63) is 12.7 Å². The lowest BCUT2D eigenvalue weighted by atomic mass is 10.7. The van der Waals surface area contributed by atoms with Gasteiger partial charge in [0.2, 0.25) is 11.9 Å². The maximum atomic E-state index is 5.60. The fourth-order valence-electron chi connectivity index (χ4n) is 1.14. The third-order valence-electron chi connectivity index (χ3n) is 1.85. The Morgan fingerprint density at radius 2 is 2.29 bits per heavy atom.